The second-order valence-electron chi connectivity index (χ2n) is 6.42. The molecule has 0 aromatic heterocycles. The summed E-state index contributed by atoms with van der Waals surface area (Å²) >= 11 is 0. The largest absolute Gasteiger partial charge is 0.387 e. The van der Waals surface area contributed by atoms with Gasteiger partial charge in [0.2, 0.25) is 0 Å². The Labute approximate surface area is 142 Å². The van der Waals surface area contributed by atoms with Gasteiger partial charge in [-0.05, 0) is 48.6 Å². The van der Waals surface area contributed by atoms with Crippen LogP contribution in [0.2, 0.25) is 0 Å². The third-order valence-corrected chi connectivity index (χ3v) is 4.57. The van der Waals surface area contributed by atoms with E-state index in [0.29, 0.717) is 6.54 Å². The van der Waals surface area contributed by atoms with Crippen LogP contribution in [0, 0.1) is 5.82 Å². The molecule has 4 heteroatoms. The highest BCUT2D eigenvalue weighted by atomic mass is 19.1. The first kappa shape index (κ1) is 17.1. The molecule has 0 aliphatic carbocycles. The van der Waals surface area contributed by atoms with Crippen molar-refractivity contribution in [3.8, 4) is 0 Å². The smallest absolute Gasteiger partial charge is 0.123 e. The van der Waals surface area contributed by atoms with Crippen LogP contribution >= 0.6 is 0 Å². The van der Waals surface area contributed by atoms with E-state index < -0.39 is 6.10 Å². The van der Waals surface area contributed by atoms with Crippen molar-refractivity contribution in [2.24, 2.45) is 0 Å². The molecule has 2 aromatic carbocycles. The minimum atomic E-state index is -0.646. The lowest BCUT2D eigenvalue weighted by Gasteiger charge is -2.29. The second-order valence-corrected chi connectivity index (χ2v) is 6.42. The summed E-state index contributed by atoms with van der Waals surface area (Å²) in [5, 5.41) is 13.6. The normalized spacial score (nSPS) is 19.5. The van der Waals surface area contributed by atoms with E-state index in [9.17, 15) is 9.50 Å². The zero-order valence-corrected chi connectivity index (χ0v) is 13.9. The highest BCUT2D eigenvalue weighted by molar-refractivity contribution is 5.31. The molecule has 3 nitrogen and oxygen atoms in total. The fourth-order valence-electron chi connectivity index (χ4n) is 3.19. The van der Waals surface area contributed by atoms with Crippen LogP contribution in [0.25, 0.3) is 0 Å². The standard InChI is InChI=1S/C20H24FNO2/c1-14(22-13-19(23)16-6-8-17(21)9-7-16)12-20-18-5-3-2-4-15(18)10-11-24-20/h2-9,14,19-20,22-23H,10-13H2,1H3. The number of benzene rings is 2. The van der Waals surface area contributed by atoms with Gasteiger partial charge in [-0.1, -0.05) is 36.4 Å². The zero-order valence-electron chi connectivity index (χ0n) is 13.9. The van der Waals surface area contributed by atoms with Crippen molar-refractivity contribution in [1.29, 1.82) is 0 Å². The molecule has 1 aliphatic rings. The summed E-state index contributed by atoms with van der Waals surface area (Å²) < 4.78 is 18.9. The van der Waals surface area contributed by atoms with E-state index in [0.717, 1.165) is 25.0 Å². The van der Waals surface area contributed by atoms with Crippen LogP contribution in [0.1, 0.15) is 42.2 Å². The minimum absolute atomic E-state index is 0.0976. The van der Waals surface area contributed by atoms with Crippen molar-refractivity contribution in [2.45, 2.75) is 38.0 Å². The first-order chi connectivity index (χ1) is 11.6. The first-order valence-corrected chi connectivity index (χ1v) is 8.50. The maximum Gasteiger partial charge on any atom is 0.123 e. The van der Waals surface area contributed by atoms with Gasteiger partial charge >= 0.3 is 0 Å². The van der Waals surface area contributed by atoms with Crippen molar-refractivity contribution in [1.82, 2.24) is 5.32 Å². The second kappa shape index (κ2) is 7.88. The molecule has 0 saturated carbocycles. The van der Waals surface area contributed by atoms with Gasteiger partial charge in [-0.25, -0.2) is 4.39 Å². The number of aliphatic hydroxyl groups is 1. The van der Waals surface area contributed by atoms with E-state index in [1.807, 2.05) is 0 Å². The number of hydrogen-bond acceptors (Lipinski definition) is 3. The van der Waals surface area contributed by atoms with Crippen LogP contribution in [-0.2, 0) is 11.2 Å². The maximum absolute atomic E-state index is 12.9. The van der Waals surface area contributed by atoms with Gasteiger partial charge in [0.25, 0.3) is 0 Å². The molecule has 0 bridgehead atoms. The number of fused-ring (bicyclic) bond motifs is 1. The predicted octanol–water partition coefficient (Wildman–Crippen LogP) is 3.54. The molecule has 1 aliphatic heterocycles. The van der Waals surface area contributed by atoms with Crippen molar-refractivity contribution in [3.05, 3.63) is 71.0 Å². The molecular formula is C20H24FNO2. The van der Waals surface area contributed by atoms with Gasteiger partial charge in [-0.2, -0.15) is 0 Å². The number of hydrogen-bond donors (Lipinski definition) is 2. The first-order valence-electron chi connectivity index (χ1n) is 8.50. The number of ether oxygens (including phenoxy) is 1. The Bertz CT molecular complexity index is 659. The molecule has 1 heterocycles. The SMILES string of the molecule is CC(CC1OCCc2ccccc21)NCC(O)c1ccc(F)cc1. The molecule has 0 amide bonds. The molecule has 2 N–H and O–H groups in total. The fourth-order valence-corrected chi connectivity index (χ4v) is 3.19. The maximum atomic E-state index is 12.9. The van der Waals surface area contributed by atoms with Gasteiger partial charge < -0.3 is 15.2 Å². The predicted molar refractivity (Wildman–Crippen MR) is 92.3 cm³/mol. The van der Waals surface area contributed by atoms with Gasteiger partial charge in [-0.3, -0.25) is 0 Å². The highest BCUT2D eigenvalue weighted by Gasteiger charge is 2.22. The Morgan fingerprint density at radius 2 is 1.96 bits per heavy atom. The summed E-state index contributed by atoms with van der Waals surface area (Å²) in [6.07, 6.45) is 1.28. The van der Waals surface area contributed by atoms with Crippen LogP contribution in [-0.4, -0.2) is 24.3 Å². The molecule has 3 rings (SSSR count). The molecular weight excluding hydrogens is 305 g/mol. The monoisotopic (exact) mass is 329 g/mol. The zero-order chi connectivity index (χ0) is 16.9. The molecule has 0 spiro atoms. The Morgan fingerprint density at radius 3 is 2.75 bits per heavy atom. The molecule has 24 heavy (non-hydrogen) atoms. The van der Waals surface area contributed by atoms with E-state index in [1.165, 1.54) is 23.3 Å². The van der Waals surface area contributed by atoms with Gasteiger partial charge in [0.05, 0.1) is 18.8 Å². The molecule has 128 valence electrons. The number of halogens is 1. The summed E-state index contributed by atoms with van der Waals surface area (Å²) in [5.74, 6) is -0.291. The van der Waals surface area contributed by atoms with Gasteiger partial charge in [0.15, 0.2) is 0 Å². The fraction of sp³-hybridized carbons (Fsp3) is 0.400. The average molecular weight is 329 g/mol. The van der Waals surface area contributed by atoms with Gasteiger partial charge in [0, 0.05) is 12.6 Å². The Balaban J connectivity index is 1.53. The lowest BCUT2D eigenvalue weighted by molar-refractivity contribution is 0.0296. The van der Waals surface area contributed by atoms with Crippen molar-refractivity contribution in [2.75, 3.05) is 13.2 Å². The molecule has 3 atom stereocenters. The third kappa shape index (κ3) is 4.20. The molecule has 0 radical (unpaired) electrons. The van der Waals surface area contributed by atoms with E-state index in [2.05, 4.69) is 36.5 Å². The summed E-state index contributed by atoms with van der Waals surface area (Å²) in [6.45, 7) is 3.28. The van der Waals surface area contributed by atoms with E-state index in [1.54, 1.807) is 12.1 Å². The number of rotatable bonds is 6. The molecule has 0 fully saturated rings. The topological polar surface area (TPSA) is 41.5 Å². The van der Waals surface area contributed by atoms with Gasteiger partial charge in [0.1, 0.15) is 5.82 Å². The average Bonchev–Trinajstić information content (AvgIpc) is 2.61. The molecule has 0 saturated heterocycles. The van der Waals surface area contributed by atoms with Crippen molar-refractivity contribution < 1.29 is 14.2 Å². The van der Waals surface area contributed by atoms with Gasteiger partial charge in [-0.15, -0.1) is 0 Å². The van der Waals surface area contributed by atoms with E-state index in [4.69, 9.17) is 4.74 Å². The van der Waals surface area contributed by atoms with Crippen molar-refractivity contribution in [3.63, 3.8) is 0 Å². The Kier molecular flexibility index (Phi) is 5.61. The van der Waals surface area contributed by atoms with Crippen LogP contribution in [0.5, 0.6) is 0 Å². The number of nitrogens with one attached hydrogen (secondary N) is 1. The molecule has 3 unspecified atom stereocenters. The quantitative estimate of drug-likeness (QED) is 0.852. The lowest BCUT2D eigenvalue weighted by atomic mass is 9.94. The Hall–Kier alpha value is -1.75. The summed E-state index contributed by atoms with van der Waals surface area (Å²) in [6, 6.07) is 14.6. The van der Waals surface area contributed by atoms with Crippen molar-refractivity contribution >= 4 is 0 Å². The number of aliphatic hydroxyl groups excluding tert-OH is 1. The summed E-state index contributed by atoms with van der Waals surface area (Å²) in [7, 11) is 0. The third-order valence-electron chi connectivity index (χ3n) is 4.57. The minimum Gasteiger partial charge on any atom is -0.387 e. The van der Waals surface area contributed by atoms with E-state index >= 15 is 0 Å². The highest BCUT2D eigenvalue weighted by Crippen LogP contribution is 2.30. The van der Waals surface area contributed by atoms with Crippen LogP contribution < -0.4 is 5.32 Å². The summed E-state index contributed by atoms with van der Waals surface area (Å²) in [5.41, 5.74) is 3.36. The lowest BCUT2D eigenvalue weighted by Crippen LogP contribution is -2.33. The summed E-state index contributed by atoms with van der Waals surface area (Å²) in [4.78, 5) is 0. The van der Waals surface area contributed by atoms with Crippen LogP contribution in [0.15, 0.2) is 48.5 Å². The molecule has 2 aromatic rings. The van der Waals surface area contributed by atoms with E-state index in [-0.39, 0.29) is 18.0 Å². The van der Waals surface area contributed by atoms with Crippen LogP contribution in [0.3, 0.4) is 0 Å². The Morgan fingerprint density at radius 1 is 1.21 bits per heavy atom. The van der Waals surface area contributed by atoms with Crippen LogP contribution in [0.4, 0.5) is 4.39 Å².